The Morgan fingerprint density at radius 3 is 2.50 bits per heavy atom. The van der Waals surface area contributed by atoms with Crippen molar-refractivity contribution >= 4 is 11.7 Å². The number of rotatable bonds is 6. The molecule has 0 saturated carbocycles. The average Bonchev–Trinajstić information content (AvgIpc) is 3.11. The second-order valence-electron chi connectivity index (χ2n) is 6.02. The van der Waals surface area contributed by atoms with E-state index in [0.29, 0.717) is 18.6 Å². The molecule has 3 atom stereocenters. The van der Waals surface area contributed by atoms with Crippen LogP contribution in [0.3, 0.4) is 0 Å². The fourth-order valence-corrected chi connectivity index (χ4v) is 3.05. The summed E-state index contributed by atoms with van der Waals surface area (Å²) >= 11 is 0. The summed E-state index contributed by atoms with van der Waals surface area (Å²) in [5, 5.41) is 10.8. The van der Waals surface area contributed by atoms with Crippen molar-refractivity contribution in [3.8, 4) is 5.75 Å². The van der Waals surface area contributed by atoms with Crippen LogP contribution in [0.2, 0.25) is 0 Å². The summed E-state index contributed by atoms with van der Waals surface area (Å²) in [5.74, 6) is -0.120. The predicted octanol–water partition coefficient (Wildman–Crippen LogP) is 3.29. The van der Waals surface area contributed by atoms with Gasteiger partial charge in [-0.25, -0.2) is 0 Å². The van der Waals surface area contributed by atoms with E-state index < -0.39 is 16.9 Å². The summed E-state index contributed by atoms with van der Waals surface area (Å²) in [5.41, 5.74) is 0.693. The quantitative estimate of drug-likeness (QED) is 0.448. The maximum Gasteiger partial charge on any atom is 0.311 e. The molecule has 1 saturated heterocycles. The minimum atomic E-state index is -0.521. The summed E-state index contributed by atoms with van der Waals surface area (Å²) in [6.07, 6.45) is -0.339. The summed E-state index contributed by atoms with van der Waals surface area (Å²) in [4.78, 5) is 22.5. The third-order valence-corrected chi connectivity index (χ3v) is 4.34. The van der Waals surface area contributed by atoms with Gasteiger partial charge in [-0.05, 0) is 36.2 Å². The van der Waals surface area contributed by atoms with E-state index in [-0.39, 0.29) is 17.8 Å². The van der Waals surface area contributed by atoms with Gasteiger partial charge in [0.05, 0.1) is 30.2 Å². The number of nitrogens with zero attached hydrogens (tertiary/aromatic N) is 1. The lowest BCUT2D eigenvalue weighted by atomic mass is 9.94. The van der Waals surface area contributed by atoms with Crippen molar-refractivity contribution in [2.45, 2.75) is 18.6 Å². The largest absolute Gasteiger partial charge is 0.491 e. The zero-order valence-electron chi connectivity index (χ0n) is 14.2. The van der Waals surface area contributed by atoms with Crippen LogP contribution in [0.5, 0.6) is 5.75 Å². The first-order chi connectivity index (χ1) is 12.6. The number of esters is 1. The Balaban J connectivity index is 1.72. The highest BCUT2D eigenvalue weighted by Crippen LogP contribution is 2.39. The molecule has 7 nitrogen and oxygen atoms in total. The number of ether oxygens (including phenoxy) is 3. The van der Waals surface area contributed by atoms with Crippen molar-refractivity contribution in [1.82, 2.24) is 0 Å². The van der Waals surface area contributed by atoms with Crippen LogP contribution in [0.4, 0.5) is 5.69 Å². The fourth-order valence-electron chi connectivity index (χ4n) is 3.05. The van der Waals surface area contributed by atoms with Crippen molar-refractivity contribution in [2.75, 3.05) is 13.7 Å². The number of hydrogen-bond donors (Lipinski definition) is 0. The van der Waals surface area contributed by atoms with Crippen molar-refractivity contribution in [3.63, 3.8) is 0 Å². The maximum atomic E-state index is 12.1. The van der Waals surface area contributed by atoms with Crippen LogP contribution in [-0.2, 0) is 14.3 Å². The molecule has 136 valence electrons. The van der Waals surface area contributed by atoms with Gasteiger partial charge in [0, 0.05) is 12.1 Å². The molecule has 0 bridgehead atoms. The summed E-state index contributed by atoms with van der Waals surface area (Å²) in [7, 11) is 1.34. The molecular formula is C19H19NO6. The van der Waals surface area contributed by atoms with Gasteiger partial charge in [0.1, 0.15) is 12.4 Å². The zero-order valence-corrected chi connectivity index (χ0v) is 14.2. The van der Waals surface area contributed by atoms with E-state index in [1.807, 2.05) is 30.3 Å². The first-order valence-corrected chi connectivity index (χ1v) is 8.24. The first kappa shape index (κ1) is 17.9. The molecule has 0 aromatic heterocycles. The van der Waals surface area contributed by atoms with Crippen molar-refractivity contribution in [1.29, 1.82) is 0 Å². The zero-order chi connectivity index (χ0) is 18.5. The molecule has 0 unspecified atom stereocenters. The number of non-ortho nitro benzene ring substituents is 1. The van der Waals surface area contributed by atoms with Crippen LogP contribution in [0.25, 0.3) is 0 Å². The Bertz CT molecular complexity index is 761. The smallest absolute Gasteiger partial charge is 0.311 e. The predicted molar refractivity (Wildman–Crippen MR) is 92.8 cm³/mol. The highest BCUT2D eigenvalue weighted by Gasteiger charge is 2.41. The highest BCUT2D eigenvalue weighted by molar-refractivity contribution is 5.73. The van der Waals surface area contributed by atoms with E-state index >= 15 is 0 Å². The molecule has 0 spiro atoms. The van der Waals surface area contributed by atoms with Gasteiger partial charge in [0.2, 0.25) is 0 Å². The second-order valence-corrected chi connectivity index (χ2v) is 6.02. The summed E-state index contributed by atoms with van der Waals surface area (Å²) in [6, 6.07) is 15.4. The summed E-state index contributed by atoms with van der Waals surface area (Å²) < 4.78 is 16.6. The van der Waals surface area contributed by atoms with Crippen LogP contribution >= 0.6 is 0 Å². The van der Waals surface area contributed by atoms with Crippen molar-refractivity contribution < 1.29 is 23.9 Å². The van der Waals surface area contributed by atoms with Gasteiger partial charge in [-0.2, -0.15) is 0 Å². The van der Waals surface area contributed by atoms with E-state index in [4.69, 9.17) is 14.2 Å². The van der Waals surface area contributed by atoms with E-state index in [1.54, 1.807) is 12.1 Å². The van der Waals surface area contributed by atoms with Gasteiger partial charge < -0.3 is 14.2 Å². The molecule has 1 heterocycles. The van der Waals surface area contributed by atoms with E-state index in [2.05, 4.69) is 0 Å². The van der Waals surface area contributed by atoms with Crippen LogP contribution in [0, 0.1) is 16.0 Å². The topological polar surface area (TPSA) is 87.9 Å². The fraction of sp³-hybridized carbons (Fsp3) is 0.316. The van der Waals surface area contributed by atoms with Gasteiger partial charge >= 0.3 is 5.97 Å². The molecule has 2 aromatic rings. The molecule has 0 amide bonds. The van der Waals surface area contributed by atoms with Crippen molar-refractivity contribution in [2.24, 2.45) is 5.92 Å². The Morgan fingerprint density at radius 2 is 1.88 bits per heavy atom. The Morgan fingerprint density at radius 1 is 1.19 bits per heavy atom. The van der Waals surface area contributed by atoms with Crippen LogP contribution in [0.15, 0.2) is 54.6 Å². The third kappa shape index (κ3) is 4.00. The minimum absolute atomic E-state index is 0.00896. The molecule has 26 heavy (non-hydrogen) atoms. The molecule has 3 rings (SSSR count). The maximum absolute atomic E-state index is 12.1. The number of carbonyl (C=O) groups excluding carboxylic acids is 1. The number of methoxy groups -OCH3 is 1. The molecule has 0 aliphatic carbocycles. The Labute approximate surface area is 150 Å². The van der Waals surface area contributed by atoms with Crippen LogP contribution < -0.4 is 4.74 Å². The number of carbonyl (C=O) groups is 1. The minimum Gasteiger partial charge on any atom is -0.491 e. The first-order valence-electron chi connectivity index (χ1n) is 8.24. The lowest BCUT2D eigenvalue weighted by molar-refractivity contribution is -0.384. The molecule has 1 aliphatic rings. The van der Waals surface area contributed by atoms with E-state index in [9.17, 15) is 14.9 Å². The molecule has 0 radical (unpaired) electrons. The molecule has 7 heteroatoms. The number of nitro benzene ring substituents is 1. The lowest BCUT2D eigenvalue weighted by Crippen LogP contribution is -2.20. The second kappa shape index (κ2) is 7.97. The normalized spacial score (nSPS) is 22.0. The number of benzene rings is 2. The third-order valence-electron chi connectivity index (χ3n) is 4.34. The van der Waals surface area contributed by atoms with Crippen LogP contribution in [-0.4, -0.2) is 30.7 Å². The molecule has 0 N–H and O–H groups in total. The van der Waals surface area contributed by atoms with Gasteiger partial charge in [-0.3, -0.25) is 14.9 Å². The SMILES string of the molecule is COC(=O)[C@@H]1C[C@H](COc2ccccc2)O[C@@H]1c1ccc([N+](=O)[O-])cc1. The van der Waals surface area contributed by atoms with Gasteiger partial charge in [-0.15, -0.1) is 0 Å². The summed E-state index contributed by atoms with van der Waals surface area (Å²) in [6.45, 7) is 0.307. The molecule has 2 aromatic carbocycles. The van der Waals surface area contributed by atoms with E-state index in [1.165, 1.54) is 19.2 Å². The Kier molecular flexibility index (Phi) is 5.48. The van der Waals surface area contributed by atoms with Gasteiger partial charge in [-0.1, -0.05) is 18.2 Å². The number of nitro groups is 1. The standard InChI is InChI=1S/C19H19NO6/c1-24-19(21)17-11-16(12-25-15-5-3-2-4-6-15)26-18(17)13-7-9-14(10-8-13)20(22)23/h2-10,16-18H,11-12H2,1H3/t16-,17-,18-/m1/s1. The van der Waals surface area contributed by atoms with Crippen molar-refractivity contribution in [3.05, 3.63) is 70.3 Å². The van der Waals surface area contributed by atoms with Crippen LogP contribution in [0.1, 0.15) is 18.1 Å². The lowest BCUT2D eigenvalue weighted by Gasteiger charge is -2.17. The Hall–Kier alpha value is -2.93. The molecular weight excluding hydrogens is 338 g/mol. The van der Waals surface area contributed by atoms with Gasteiger partial charge in [0.15, 0.2) is 0 Å². The number of hydrogen-bond acceptors (Lipinski definition) is 6. The number of para-hydroxylation sites is 1. The highest BCUT2D eigenvalue weighted by atomic mass is 16.6. The molecule has 1 aliphatic heterocycles. The average molecular weight is 357 g/mol. The monoisotopic (exact) mass is 357 g/mol. The molecule has 1 fully saturated rings. The van der Waals surface area contributed by atoms with E-state index in [0.717, 1.165) is 5.75 Å². The van der Waals surface area contributed by atoms with Gasteiger partial charge in [0.25, 0.3) is 5.69 Å².